The number of rotatable bonds is 7. The minimum Gasteiger partial charge on any atom is -0.490 e. The first-order chi connectivity index (χ1) is 14.7. The second-order valence-corrected chi connectivity index (χ2v) is 10.7. The highest BCUT2D eigenvalue weighted by atomic mass is 79.9. The number of halogens is 1. The molecule has 31 heavy (non-hydrogen) atoms. The number of hydrogen-bond acceptors (Lipinski definition) is 5. The van der Waals surface area contributed by atoms with Gasteiger partial charge in [0, 0.05) is 16.6 Å². The Bertz CT molecular complexity index is 997. The van der Waals surface area contributed by atoms with E-state index in [2.05, 4.69) is 48.8 Å². The van der Waals surface area contributed by atoms with E-state index < -0.39 is 0 Å². The van der Waals surface area contributed by atoms with Gasteiger partial charge in [-0.05, 0) is 54.3 Å². The van der Waals surface area contributed by atoms with Crippen molar-refractivity contribution in [3.05, 3.63) is 63.0 Å². The molecule has 1 aliphatic rings. The molecule has 1 aliphatic heterocycles. The first-order valence-electron chi connectivity index (χ1n) is 10.1. The van der Waals surface area contributed by atoms with E-state index in [0.717, 1.165) is 15.8 Å². The van der Waals surface area contributed by atoms with Gasteiger partial charge in [-0.1, -0.05) is 72.8 Å². The highest BCUT2D eigenvalue weighted by Gasteiger charge is 2.30. The number of thioether (sulfide) groups is 1. The summed E-state index contributed by atoms with van der Waals surface area (Å²) in [5.74, 6) is 1.44. The summed E-state index contributed by atoms with van der Waals surface area (Å²) in [6.45, 7) is 9.85. The minimum atomic E-state index is -0.0644. The quantitative estimate of drug-likeness (QED) is 0.239. The highest BCUT2D eigenvalue weighted by molar-refractivity contribution is 9.10. The molecule has 1 saturated heterocycles. The van der Waals surface area contributed by atoms with Crippen molar-refractivity contribution in [2.75, 3.05) is 19.8 Å². The Morgan fingerprint density at radius 3 is 2.39 bits per heavy atom. The molecule has 4 nitrogen and oxygen atoms in total. The second kappa shape index (κ2) is 10.2. The molecule has 2 aromatic rings. The Morgan fingerprint density at radius 2 is 1.77 bits per heavy atom. The lowest BCUT2D eigenvalue weighted by atomic mass is 9.87. The number of likely N-dealkylation sites (N-methyl/N-ethyl adjacent to an activating group) is 1. The maximum Gasteiger partial charge on any atom is 0.266 e. The molecular formula is C24H26BrNO3S2. The predicted molar refractivity (Wildman–Crippen MR) is 136 cm³/mol. The Kier molecular flexibility index (Phi) is 7.83. The summed E-state index contributed by atoms with van der Waals surface area (Å²) in [4.78, 5) is 14.7. The van der Waals surface area contributed by atoms with Crippen molar-refractivity contribution in [1.29, 1.82) is 0 Å². The van der Waals surface area contributed by atoms with Crippen molar-refractivity contribution in [1.82, 2.24) is 4.90 Å². The molecular weight excluding hydrogens is 494 g/mol. The van der Waals surface area contributed by atoms with Gasteiger partial charge in [0.25, 0.3) is 5.91 Å². The van der Waals surface area contributed by atoms with Crippen molar-refractivity contribution < 1.29 is 14.3 Å². The van der Waals surface area contributed by atoms with E-state index in [1.54, 1.807) is 4.90 Å². The highest BCUT2D eigenvalue weighted by Crippen LogP contribution is 2.35. The van der Waals surface area contributed by atoms with Crippen LogP contribution in [0.15, 0.2) is 51.8 Å². The summed E-state index contributed by atoms with van der Waals surface area (Å²) in [7, 11) is 0. The molecule has 1 heterocycles. The smallest absolute Gasteiger partial charge is 0.266 e. The Hall–Kier alpha value is -1.83. The second-order valence-electron chi connectivity index (χ2n) is 8.08. The van der Waals surface area contributed by atoms with Gasteiger partial charge in [0.1, 0.15) is 29.0 Å². The van der Waals surface area contributed by atoms with Gasteiger partial charge < -0.3 is 9.47 Å². The summed E-state index contributed by atoms with van der Waals surface area (Å²) in [5, 5.41) is 0. The summed E-state index contributed by atoms with van der Waals surface area (Å²) in [6.07, 6.45) is 1.83. The first-order valence-corrected chi connectivity index (χ1v) is 12.1. The molecule has 164 valence electrons. The van der Waals surface area contributed by atoms with Gasteiger partial charge in [0.15, 0.2) is 0 Å². The molecule has 1 amide bonds. The number of carbonyl (C=O) groups is 1. The van der Waals surface area contributed by atoms with E-state index in [4.69, 9.17) is 21.7 Å². The van der Waals surface area contributed by atoms with Gasteiger partial charge in [-0.3, -0.25) is 9.69 Å². The van der Waals surface area contributed by atoms with Crippen LogP contribution >= 0.6 is 39.9 Å². The zero-order valence-corrected chi connectivity index (χ0v) is 21.3. The zero-order valence-electron chi connectivity index (χ0n) is 18.1. The predicted octanol–water partition coefficient (Wildman–Crippen LogP) is 6.43. The molecule has 0 unspecified atom stereocenters. The van der Waals surface area contributed by atoms with Crippen LogP contribution in [0.3, 0.4) is 0 Å². The Morgan fingerprint density at radius 1 is 1.10 bits per heavy atom. The molecule has 1 fully saturated rings. The van der Waals surface area contributed by atoms with Crippen molar-refractivity contribution in [3.63, 3.8) is 0 Å². The lowest BCUT2D eigenvalue weighted by Crippen LogP contribution is -2.27. The van der Waals surface area contributed by atoms with Gasteiger partial charge >= 0.3 is 0 Å². The van der Waals surface area contributed by atoms with Gasteiger partial charge in [-0.2, -0.15) is 0 Å². The number of amides is 1. The van der Waals surface area contributed by atoms with Crippen LogP contribution in [0.25, 0.3) is 6.08 Å². The Labute approximate surface area is 202 Å². The number of carbonyl (C=O) groups excluding carboxylic acids is 1. The number of hydrogen-bond donors (Lipinski definition) is 0. The van der Waals surface area contributed by atoms with E-state index in [0.29, 0.717) is 34.7 Å². The van der Waals surface area contributed by atoms with Gasteiger partial charge in [-0.25, -0.2) is 0 Å². The number of ether oxygens (including phenoxy) is 2. The van der Waals surface area contributed by atoms with Gasteiger partial charge in [-0.15, -0.1) is 0 Å². The van der Waals surface area contributed by atoms with Crippen molar-refractivity contribution in [3.8, 4) is 11.5 Å². The van der Waals surface area contributed by atoms with Crippen LogP contribution in [-0.4, -0.2) is 34.9 Å². The summed E-state index contributed by atoms with van der Waals surface area (Å²) in [5.41, 5.74) is 2.20. The Balaban J connectivity index is 1.63. The van der Waals surface area contributed by atoms with E-state index in [9.17, 15) is 4.79 Å². The van der Waals surface area contributed by atoms with Crippen LogP contribution in [-0.2, 0) is 10.2 Å². The molecule has 2 aromatic carbocycles. The van der Waals surface area contributed by atoms with Crippen molar-refractivity contribution in [2.45, 2.75) is 33.1 Å². The van der Waals surface area contributed by atoms with Gasteiger partial charge in [0.2, 0.25) is 0 Å². The molecule has 0 radical (unpaired) electrons. The summed E-state index contributed by atoms with van der Waals surface area (Å²) >= 11 is 10.1. The largest absolute Gasteiger partial charge is 0.490 e. The lowest BCUT2D eigenvalue weighted by molar-refractivity contribution is -0.121. The lowest BCUT2D eigenvalue weighted by Gasteiger charge is -2.19. The molecule has 0 N–H and O–H groups in total. The van der Waals surface area contributed by atoms with Crippen LogP contribution in [0, 0.1) is 0 Å². The molecule has 7 heteroatoms. The van der Waals surface area contributed by atoms with Crippen LogP contribution < -0.4 is 9.47 Å². The maximum atomic E-state index is 12.5. The fourth-order valence-corrected chi connectivity index (χ4v) is 4.79. The van der Waals surface area contributed by atoms with Gasteiger partial charge in [0.05, 0.1) is 4.91 Å². The molecule has 0 saturated carbocycles. The fourth-order valence-electron chi connectivity index (χ4n) is 3.04. The van der Waals surface area contributed by atoms with Crippen LogP contribution in [0.2, 0.25) is 0 Å². The zero-order chi connectivity index (χ0) is 22.6. The van der Waals surface area contributed by atoms with E-state index in [1.165, 1.54) is 17.3 Å². The minimum absolute atomic E-state index is 0.0644. The summed E-state index contributed by atoms with van der Waals surface area (Å²) in [6, 6.07) is 13.9. The first kappa shape index (κ1) is 23.8. The molecule has 0 aliphatic carbocycles. The number of nitrogens with zero attached hydrogens (tertiary/aromatic N) is 1. The average Bonchev–Trinajstić information content (AvgIpc) is 2.98. The van der Waals surface area contributed by atoms with Crippen LogP contribution in [0.1, 0.15) is 38.8 Å². The molecule has 0 aromatic heterocycles. The van der Waals surface area contributed by atoms with E-state index in [1.807, 2.05) is 43.3 Å². The third-order valence-electron chi connectivity index (χ3n) is 4.78. The van der Waals surface area contributed by atoms with Crippen molar-refractivity contribution in [2.24, 2.45) is 0 Å². The number of thiocarbonyl (C=S) groups is 1. The standard InChI is InChI=1S/C24H26BrNO3S2/c1-5-26-22(27)21(31-23(26)30)15-16-14-18(25)8-11-20(16)29-13-12-28-19-9-6-17(7-10-19)24(2,3)4/h6-11,14-15H,5,12-13H2,1-4H3/b21-15-. The van der Waals surface area contributed by atoms with E-state index in [-0.39, 0.29) is 11.3 Å². The fraction of sp³-hybridized carbons (Fsp3) is 0.333. The normalized spacial score (nSPS) is 15.6. The maximum absolute atomic E-state index is 12.5. The molecule has 0 bridgehead atoms. The topological polar surface area (TPSA) is 38.8 Å². The third kappa shape index (κ3) is 6.11. The SMILES string of the molecule is CCN1C(=O)/C(=C/c2cc(Br)ccc2OCCOc2ccc(C(C)(C)C)cc2)SC1=S. The molecule has 3 rings (SSSR count). The van der Waals surface area contributed by atoms with E-state index >= 15 is 0 Å². The summed E-state index contributed by atoms with van der Waals surface area (Å²) < 4.78 is 13.3. The monoisotopic (exact) mass is 519 g/mol. The molecule has 0 atom stereocenters. The third-order valence-corrected chi connectivity index (χ3v) is 6.65. The number of benzene rings is 2. The van der Waals surface area contributed by atoms with Crippen LogP contribution in [0.4, 0.5) is 0 Å². The van der Waals surface area contributed by atoms with Crippen LogP contribution in [0.5, 0.6) is 11.5 Å². The average molecular weight is 521 g/mol. The van der Waals surface area contributed by atoms with Crippen molar-refractivity contribution >= 4 is 56.2 Å². The molecule has 0 spiro atoms.